The molecule has 0 fully saturated rings. The number of hydrogen-bond acceptors (Lipinski definition) is 0. The van der Waals surface area contributed by atoms with E-state index in [0.717, 1.165) is 0 Å². The molecular weight excluding hydrogens is 379 g/mol. The zero-order valence-corrected chi connectivity index (χ0v) is 10.9. The predicted molar refractivity (Wildman–Crippen MR) is 30.7 cm³/mol. The van der Waals surface area contributed by atoms with Crippen LogP contribution in [0.4, 0.5) is 0 Å². The van der Waals surface area contributed by atoms with Crippen molar-refractivity contribution in [3.63, 3.8) is 0 Å². The molecule has 0 bridgehead atoms. The van der Waals surface area contributed by atoms with E-state index >= 15 is 0 Å². The van der Waals surface area contributed by atoms with Crippen molar-refractivity contribution < 1.29 is 49.9 Å². The Balaban J connectivity index is -0.0000000450. The molecule has 0 atom stereocenters. The first kappa shape index (κ1) is 15.8. The van der Waals surface area contributed by atoms with Gasteiger partial charge in [0.2, 0.25) is 0 Å². The zero-order valence-electron chi connectivity index (χ0n) is 3.75. The van der Waals surface area contributed by atoms with Crippen LogP contribution in [0.15, 0.2) is 0 Å². The molecule has 0 aliphatic heterocycles. The maximum atomic E-state index is 3.65. The SMILES string of the molecule is [CH2-]C[I-]I.[CH3-].[Y]. The van der Waals surface area contributed by atoms with E-state index in [9.17, 15) is 0 Å². The molecule has 0 rings (SSSR count). The number of rotatable bonds is 1. The first-order chi connectivity index (χ1) is 1.91. The van der Waals surface area contributed by atoms with Gasteiger partial charge in [0.1, 0.15) is 0 Å². The summed E-state index contributed by atoms with van der Waals surface area (Å²) in [6.07, 6.45) is 0. The summed E-state index contributed by atoms with van der Waals surface area (Å²) in [6, 6.07) is 0. The molecule has 0 saturated heterocycles. The van der Waals surface area contributed by atoms with E-state index in [1.165, 1.54) is 4.43 Å². The van der Waals surface area contributed by atoms with Crippen molar-refractivity contribution in [2.24, 2.45) is 0 Å². The van der Waals surface area contributed by atoms with Gasteiger partial charge in [0.05, 0.1) is 0 Å². The number of hydrogen-bond donors (Lipinski definition) is 0. The van der Waals surface area contributed by atoms with Crippen LogP contribution in [-0.4, -0.2) is 4.43 Å². The predicted octanol–water partition coefficient (Wildman–Crippen LogP) is -1.29. The Morgan fingerprint density at radius 2 is 1.83 bits per heavy atom. The van der Waals surface area contributed by atoms with E-state index in [2.05, 4.69) is 25.5 Å². The molecule has 0 amide bonds. The van der Waals surface area contributed by atoms with Gasteiger partial charge in [0.15, 0.2) is 0 Å². The van der Waals surface area contributed by atoms with Crippen LogP contribution in [0.2, 0.25) is 0 Å². The van der Waals surface area contributed by atoms with Crippen molar-refractivity contribution in [1.82, 2.24) is 0 Å². The van der Waals surface area contributed by atoms with Gasteiger partial charge in [-0.15, -0.1) is 0 Å². The Morgan fingerprint density at radius 1 is 1.67 bits per heavy atom. The number of alkyl halides is 1. The zero-order chi connectivity index (χ0) is 3.41. The normalized spacial score (nSPS) is 5.67. The minimum absolute atomic E-state index is 0. The summed E-state index contributed by atoms with van der Waals surface area (Å²) < 4.78 is 1.17. The Labute approximate surface area is 85.5 Å². The first-order valence-corrected chi connectivity index (χ1v) is 8.72. The third kappa shape index (κ3) is 16.0. The van der Waals surface area contributed by atoms with Crippen LogP contribution in [0, 0.1) is 14.4 Å². The smallest absolute Gasteiger partial charge is 0 e. The van der Waals surface area contributed by atoms with Gasteiger partial charge in [-0.1, -0.05) is 0 Å². The van der Waals surface area contributed by atoms with E-state index in [-0.39, 0.29) is 40.1 Å². The van der Waals surface area contributed by atoms with E-state index in [0.29, 0.717) is 17.2 Å². The minimum atomic E-state index is 0. The maximum Gasteiger partial charge on any atom is 0 e. The molecule has 0 nitrogen and oxygen atoms in total. The van der Waals surface area contributed by atoms with E-state index in [1.54, 1.807) is 0 Å². The summed E-state index contributed by atoms with van der Waals surface area (Å²) in [5.74, 6) is 0. The van der Waals surface area contributed by atoms with Crippen molar-refractivity contribution >= 4 is 18.6 Å². The Morgan fingerprint density at radius 3 is 1.83 bits per heavy atom. The molecular formula is C3H7I2Y-3. The topological polar surface area (TPSA) is 0 Å². The monoisotopic (exact) mass is 386 g/mol. The standard InChI is InChI=1S/C2H4I2.CH3.Y/c1-2-4-3;;/h1-2H2;1H3;/q-2;-1;. The van der Waals surface area contributed by atoms with Gasteiger partial charge in [0, 0.05) is 32.7 Å². The van der Waals surface area contributed by atoms with Gasteiger partial charge in [0.25, 0.3) is 0 Å². The van der Waals surface area contributed by atoms with Gasteiger partial charge >= 0.3 is 47.2 Å². The van der Waals surface area contributed by atoms with Crippen LogP contribution in [-0.2, 0) is 32.7 Å². The molecule has 0 unspecified atom stereocenters. The molecule has 6 heavy (non-hydrogen) atoms. The molecule has 0 aliphatic rings. The molecule has 1 radical (unpaired) electrons. The molecule has 0 N–H and O–H groups in total. The fourth-order valence-corrected chi connectivity index (χ4v) is 0. The Kier molecular flexibility index (Phi) is 41.3. The third-order valence-electron chi connectivity index (χ3n) is 0.0714. The van der Waals surface area contributed by atoms with Crippen LogP contribution in [0.1, 0.15) is 0 Å². The van der Waals surface area contributed by atoms with E-state index in [1.807, 2.05) is 0 Å². The van der Waals surface area contributed by atoms with E-state index in [4.69, 9.17) is 0 Å². The van der Waals surface area contributed by atoms with Gasteiger partial charge in [-0.3, -0.25) is 0 Å². The van der Waals surface area contributed by atoms with Gasteiger partial charge in [-0.05, 0) is 0 Å². The molecule has 0 saturated carbocycles. The van der Waals surface area contributed by atoms with Crippen LogP contribution in [0.3, 0.4) is 0 Å². The summed E-state index contributed by atoms with van der Waals surface area (Å²) in [5.41, 5.74) is 0. The van der Waals surface area contributed by atoms with Crippen molar-refractivity contribution in [3.05, 3.63) is 14.4 Å². The average Bonchev–Trinajstić information content (AvgIpc) is 1.37. The van der Waals surface area contributed by atoms with Gasteiger partial charge in [-0.25, -0.2) is 0 Å². The molecule has 3 heteroatoms. The number of halogens is 2. The minimum Gasteiger partial charge on any atom is -0.358 e. The largest absolute Gasteiger partial charge is 0.358 e. The van der Waals surface area contributed by atoms with Crippen molar-refractivity contribution in [1.29, 1.82) is 0 Å². The summed E-state index contributed by atoms with van der Waals surface area (Å²) in [6.45, 7) is 3.65. The molecule has 39 valence electrons. The Bertz CT molecular complexity index is 10.8. The average molecular weight is 386 g/mol. The first-order valence-electron chi connectivity index (χ1n) is 0.910. The third-order valence-corrected chi connectivity index (χ3v) is 3.21. The molecule has 0 aliphatic carbocycles. The second-order valence-corrected chi connectivity index (χ2v) is 5.81. The van der Waals surface area contributed by atoms with Crippen LogP contribution < -0.4 is 17.2 Å². The fraction of sp³-hybridized carbons (Fsp3) is 0.333. The summed E-state index contributed by atoms with van der Waals surface area (Å²) in [7, 11) is 0. The van der Waals surface area contributed by atoms with Gasteiger partial charge < -0.3 is 7.43 Å². The summed E-state index contributed by atoms with van der Waals surface area (Å²) >= 11 is 2.87. The maximum absolute atomic E-state index is 3.65. The van der Waals surface area contributed by atoms with Gasteiger partial charge in [-0.2, -0.15) is 0 Å². The molecule has 0 heterocycles. The second kappa shape index (κ2) is 15.6. The van der Waals surface area contributed by atoms with Crippen molar-refractivity contribution in [2.45, 2.75) is 0 Å². The van der Waals surface area contributed by atoms with Crippen LogP contribution in [0.5, 0.6) is 0 Å². The fourth-order valence-electron chi connectivity index (χ4n) is 0. The molecule has 0 spiro atoms. The van der Waals surface area contributed by atoms with Crippen molar-refractivity contribution in [3.8, 4) is 0 Å². The van der Waals surface area contributed by atoms with Crippen molar-refractivity contribution in [2.75, 3.05) is 4.43 Å². The Hall–Kier alpha value is 2.56. The molecule has 0 aromatic rings. The van der Waals surface area contributed by atoms with Crippen LogP contribution >= 0.6 is 18.6 Å². The molecule has 0 aromatic carbocycles. The summed E-state index contributed by atoms with van der Waals surface area (Å²) in [5, 5.41) is 0. The van der Waals surface area contributed by atoms with Crippen LogP contribution in [0.25, 0.3) is 0 Å². The quantitative estimate of drug-likeness (QED) is 0.299. The summed E-state index contributed by atoms with van der Waals surface area (Å²) in [4.78, 5) is 0. The van der Waals surface area contributed by atoms with E-state index < -0.39 is 0 Å². The second-order valence-electron chi connectivity index (χ2n) is 0.290. The molecule has 0 aromatic heterocycles.